The predicted molar refractivity (Wildman–Crippen MR) is 206 cm³/mol. The molecule has 0 aliphatic heterocycles. The average Bonchev–Trinajstić information content (AvgIpc) is 3.68. The van der Waals surface area contributed by atoms with Gasteiger partial charge in [-0.2, -0.15) is 0 Å². The van der Waals surface area contributed by atoms with E-state index in [0.717, 1.165) is 39.0 Å². The monoisotopic (exact) mass is 631 g/mol. The first-order valence-corrected chi connectivity index (χ1v) is 17.4. The maximum Gasteiger partial charge on any atom is 0.159 e. The number of nitrogens with zero attached hydrogens (tertiary/aromatic N) is 1. The first-order chi connectivity index (χ1) is 23.7. The lowest BCUT2D eigenvalue weighted by Crippen LogP contribution is -2.17. The molecule has 49 heavy (non-hydrogen) atoms. The van der Waals surface area contributed by atoms with Crippen LogP contribution < -0.4 is 4.90 Å². The third kappa shape index (κ3) is 3.83. The molecular weight excluding hydrogens is 595 g/mol. The summed E-state index contributed by atoms with van der Waals surface area (Å²) in [7, 11) is 0. The van der Waals surface area contributed by atoms with Gasteiger partial charge in [-0.05, 0) is 116 Å². The number of aryl methyl sites for hydroxylation is 1. The lowest BCUT2D eigenvalue weighted by Gasteiger charge is -2.28. The van der Waals surface area contributed by atoms with Gasteiger partial charge in [0.2, 0.25) is 0 Å². The van der Waals surface area contributed by atoms with Crippen LogP contribution in [-0.2, 0) is 10.8 Å². The van der Waals surface area contributed by atoms with Crippen LogP contribution in [0.3, 0.4) is 0 Å². The fraction of sp³-hybridized carbons (Fsp3) is 0.149. The van der Waals surface area contributed by atoms with E-state index in [2.05, 4.69) is 167 Å². The SMILES string of the molecule is Cc1cccc(N(c2ccc3c(c2)C(C)(C)c2cc4c(cc2-3)C(C)(C)c2ccc3ccccc3c2-4)c2cccc3c2oc2ccccc23)c1. The zero-order valence-electron chi connectivity index (χ0n) is 28.6. The summed E-state index contributed by atoms with van der Waals surface area (Å²) in [5.74, 6) is 0. The Morgan fingerprint density at radius 3 is 2.02 bits per heavy atom. The molecule has 2 heteroatoms. The fourth-order valence-electron chi connectivity index (χ4n) is 8.96. The summed E-state index contributed by atoms with van der Waals surface area (Å²) < 4.78 is 6.60. The second kappa shape index (κ2) is 9.74. The number of furan rings is 1. The second-order valence-corrected chi connectivity index (χ2v) is 15.1. The van der Waals surface area contributed by atoms with E-state index in [-0.39, 0.29) is 10.8 Å². The van der Waals surface area contributed by atoms with E-state index in [1.165, 1.54) is 60.8 Å². The highest BCUT2D eigenvalue weighted by Crippen LogP contribution is 2.58. The lowest BCUT2D eigenvalue weighted by atomic mass is 9.79. The molecule has 0 saturated carbocycles. The van der Waals surface area contributed by atoms with E-state index in [1.54, 1.807) is 0 Å². The smallest absolute Gasteiger partial charge is 0.159 e. The standard InChI is InChI=1S/C47H37NO/c1-28-12-10-14-30(24-28)48(42-18-11-17-35-34-16-8-9-19-43(34)49-45(35)42)31-21-22-33-36-26-41-37(27-40(36)47(4,5)39(33)25-31)44-32-15-7-6-13-29(32)20-23-38(44)46(41,2)3/h6-27H,1-5H3. The largest absolute Gasteiger partial charge is 0.454 e. The molecule has 7 aromatic carbocycles. The van der Waals surface area contributed by atoms with Gasteiger partial charge in [0.1, 0.15) is 5.58 Å². The van der Waals surface area contributed by atoms with Gasteiger partial charge in [0.15, 0.2) is 5.58 Å². The Balaban J connectivity index is 1.18. The summed E-state index contributed by atoms with van der Waals surface area (Å²) in [4.78, 5) is 2.38. The maximum absolute atomic E-state index is 6.60. The maximum atomic E-state index is 6.60. The van der Waals surface area contributed by atoms with Crippen molar-refractivity contribution in [3.63, 3.8) is 0 Å². The third-order valence-electron chi connectivity index (χ3n) is 11.5. The molecule has 1 aromatic heterocycles. The Kier molecular flexibility index (Phi) is 5.65. The van der Waals surface area contributed by atoms with Gasteiger partial charge in [0.25, 0.3) is 0 Å². The molecule has 0 fully saturated rings. The number of hydrogen-bond acceptors (Lipinski definition) is 2. The van der Waals surface area contributed by atoms with Crippen molar-refractivity contribution in [1.29, 1.82) is 0 Å². The molecular formula is C47H37NO. The highest BCUT2D eigenvalue weighted by atomic mass is 16.3. The summed E-state index contributed by atoms with van der Waals surface area (Å²) in [6, 6.07) is 49.3. The number of para-hydroxylation sites is 2. The van der Waals surface area contributed by atoms with Gasteiger partial charge in [-0.25, -0.2) is 0 Å². The molecule has 0 bridgehead atoms. The molecule has 0 spiro atoms. The van der Waals surface area contributed by atoms with Gasteiger partial charge in [-0.15, -0.1) is 0 Å². The first-order valence-electron chi connectivity index (χ1n) is 17.4. The van der Waals surface area contributed by atoms with E-state index >= 15 is 0 Å². The molecule has 1 heterocycles. The van der Waals surface area contributed by atoms with Crippen LogP contribution in [0.4, 0.5) is 17.1 Å². The van der Waals surface area contributed by atoms with Crippen molar-refractivity contribution in [2.45, 2.75) is 45.4 Å². The molecule has 0 atom stereocenters. The number of anilines is 3. The van der Waals surface area contributed by atoms with Crippen LogP contribution in [0, 0.1) is 6.92 Å². The van der Waals surface area contributed by atoms with Crippen LogP contribution in [0.1, 0.15) is 55.5 Å². The van der Waals surface area contributed by atoms with Crippen LogP contribution >= 0.6 is 0 Å². The van der Waals surface area contributed by atoms with Crippen LogP contribution in [-0.4, -0.2) is 0 Å². The van der Waals surface area contributed by atoms with Crippen molar-refractivity contribution in [3.8, 4) is 22.3 Å². The summed E-state index contributed by atoms with van der Waals surface area (Å²) in [5, 5.41) is 4.91. The van der Waals surface area contributed by atoms with Crippen LogP contribution in [0.15, 0.2) is 138 Å². The molecule has 0 N–H and O–H groups in total. The van der Waals surface area contributed by atoms with Gasteiger partial charge >= 0.3 is 0 Å². The van der Waals surface area contributed by atoms with Crippen molar-refractivity contribution < 1.29 is 4.42 Å². The van der Waals surface area contributed by atoms with E-state index < -0.39 is 0 Å². The highest BCUT2D eigenvalue weighted by Gasteiger charge is 2.42. The molecule has 2 aliphatic rings. The van der Waals surface area contributed by atoms with Crippen molar-refractivity contribution in [2.75, 3.05) is 4.90 Å². The zero-order valence-corrected chi connectivity index (χ0v) is 28.6. The fourth-order valence-corrected chi connectivity index (χ4v) is 8.96. The summed E-state index contributed by atoms with van der Waals surface area (Å²) in [6.07, 6.45) is 0. The number of rotatable bonds is 3. The van der Waals surface area contributed by atoms with Crippen LogP contribution in [0.2, 0.25) is 0 Å². The van der Waals surface area contributed by atoms with Gasteiger partial charge in [0.05, 0.1) is 5.69 Å². The van der Waals surface area contributed by atoms with Gasteiger partial charge in [-0.3, -0.25) is 0 Å². The van der Waals surface area contributed by atoms with E-state index in [0.29, 0.717) is 0 Å². The molecule has 0 saturated heterocycles. The Labute approximate surface area is 287 Å². The minimum atomic E-state index is -0.184. The lowest BCUT2D eigenvalue weighted by molar-refractivity contribution is 0.652. The van der Waals surface area contributed by atoms with Crippen LogP contribution in [0.5, 0.6) is 0 Å². The number of benzene rings is 7. The molecule has 10 rings (SSSR count). The van der Waals surface area contributed by atoms with Gasteiger partial charge < -0.3 is 9.32 Å². The Morgan fingerprint density at radius 1 is 0.490 bits per heavy atom. The minimum Gasteiger partial charge on any atom is -0.454 e. The summed E-state index contributed by atoms with van der Waals surface area (Å²) >= 11 is 0. The Hall–Kier alpha value is -5.60. The topological polar surface area (TPSA) is 16.4 Å². The van der Waals surface area contributed by atoms with Gasteiger partial charge in [0, 0.05) is 33.0 Å². The first kappa shape index (κ1) is 28.4. The van der Waals surface area contributed by atoms with E-state index in [1.807, 2.05) is 6.07 Å². The Bertz CT molecular complexity index is 2690. The van der Waals surface area contributed by atoms with Crippen molar-refractivity contribution in [1.82, 2.24) is 0 Å². The number of hydrogen-bond donors (Lipinski definition) is 0. The second-order valence-electron chi connectivity index (χ2n) is 15.1. The quantitative estimate of drug-likeness (QED) is 0.193. The average molecular weight is 632 g/mol. The van der Waals surface area contributed by atoms with Crippen molar-refractivity contribution >= 4 is 49.8 Å². The summed E-state index contributed by atoms with van der Waals surface area (Å²) in [5.41, 5.74) is 17.1. The zero-order chi connectivity index (χ0) is 33.2. The third-order valence-corrected chi connectivity index (χ3v) is 11.5. The molecule has 0 radical (unpaired) electrons. The molecule has 2 nitrogen and oxygen atoms in total. The minimum absolute atomic E-state index is 0.0796. The highest BCUT2D eigenvalue weighted by molar-refractivity contribution is 6.10. The van der Waals surface area contributed by atoms with E-state index in [4.69, 9.17) is 4.42 Å². The molecule has 2 aliphatic carbocycles. The molecule has 0 unspecified atom stereocenters. The summed E-state index contributed by atoms with van der Waals surface area (Å²) in [6.45, 7) is 11.7. The molecule has 236 valence electrons. The predicted octanol–water partition coefficient (Wildman–Crippen LogP) is 13.1. The van der Waals surface area contributed by atoms with Crippen LogP contribution in [0.25, 0.3) is 55.0 Å². The van der Waals surface area contributed by atoms with Crippen molar-refractivity contribution in [3.05, 3.63) is 161 Å². The Morgan fingerprint density at radius 2 is 1.16 bits per heavy atom. The molecule has 0 amide bonds. The molecule has 8 aromatic rings. The van der Waals surface area contributed by atoms with Crippen molar-refractivity contribution in [2.24, 2.45) is 0 Å². The normalized spacial score (nSPS) is 15.0. The number of fused-ring (bicyclic) bond motifs is 11. The van der Waals surface area contributed by atoms with E-state index in [9.17, 15) is 0 Å². The van der Waals surface area contributed by atoms with Gasteiger partial charge in [-0.1, -0.05) is 113 Å².